The van der Waals surface area contributed by atoms with E-state index in [2.05, 4.69) is 37.7 Å². The van der Waals surface area contributed by atoms with Crippen LogP contribution in [-0.4, -0.2) is 35.6 Å². The number of hydrogen-bond donors (Lipinski definition) is 0. The highest BCUT2D eigenvalue weighted by molar-refractivity contribution is 4.64. The average Bonchev–Trinajstić information content (AvgIpc) is 2.80. The number of aromatic nitrogens is 2. The smallest absolute Gasteiger partial charge is 0.0757 e. The van der Waals surface area contributed by atoms with Gasteiger partial charge >= 0.3 is 0 Å². The summed E-state index contributed by atoms with van der Waals surface area (Å²) in [5.74, 6) is 0. The summed E-state index contributed by atoms with van der Waals surface area (Å²) >= 11 is 0. The van der Waals surface area contributed by atoms with Crippen molar-refractivity contribution in [3.63, 3.8) is 0 Å². The number of rotatable bonds is 4. The van der Waals surface area contributed by atoms with Crippen molar-refractivity contribution in [3.05, 3.63) is 18.7 Å². The first-order chi connectivity index (χ1) is 6.74. The van der Waals surface area contributed by atoms with Gasteiger partial charge in [-0.1, -0.05) is 18.7 Å². The lowest BCUT2D eigenvalue weighted by Gasteiger charge is -2.34. The van der Waals surface area contributed by atoms with Gasteiger partial charge in [0.25, 0.3) is 0 Å². The van der Waals surface area contributed by atoms with Crippen LogP contribution < -0.4 is 4.98 Å². The maximum atomic E-state index is 3.61. The summed E-state index contributed by atoms with van der Waals surface area (Å²) in [4.78, 5) is 7.22. The maximum absolute atomic E-state index is 3.61. The summed E-state index contributed by atoms with van der Waals surface area (Å²) < 4.78 is 1.28. The molecule has 0 saturated heterocycles. The van der Waals surface area contributed by atoms with Crippen LogP contribution in [0.5, 0.6) is 0 Å². The van der Waals surface area contributed by atoms with Crippen molar-refractivity contribution in [3.8, 4) is 0 Å². The molecule has 3 heteroatoms. The van der Waals surface area contributed by atoms with Crippen LogP contribution in [-0.2, 0) is 0 Å². The maximum Gasteiger partial charge on any atom is 0.0757 e. The van der Waals surface area contributed by atoms with Gasteiger partial charge in [-0.05, 0) is 27.7 Å². The van der Waals surface area contributed by atoms with E-state index in [1.807, 2.05) is 0 Å². The summed E-state index contributed by atoms with van der Waals surface area (Å²) in [6.07, 6.45) is 4.78. The molecule has 0 aliphatic carbocycles. The van der Waals surface area contributed by atoms with Gasteiger partial charge in [-0.15, -0.1) is 0 Å². The third-order valence-electron chi connectivity index (χ3n) is 3.06. The molecule has 3 nitrogen and oxygen atoms in total. The number of hydrogen-bond acceptors (Lipinski definition) is 1. The predicted molar refractivity (Wildman–Crippen MR) is 60.0 cm³/mol. The molecular formula is C11H23N3. The quantitative estimate of drug-likeness (QED) is 0.690. The fourth-order valence-corrected chi connectivity index (χ4v) is 1.53. The van der Waals surface area contributed by atoms with Gasteiger partial charge in [0.1, 0.15) is 0 Å². The van der Waals surface area contributed by atoms with Crippen LogP contribution in [0.15, 0.2) is 18.7 Å². The van der Waals surface area contributed by atoms with E-state index in [0.717, 1.165) is 0 Å². The Balaban J connectivity index is 0.000000280. The zero-order valence-corrected chi connectivity index (χ0v) is 9.90. The summed E-state index contributed by atoms with van der Waals surface area (Å²) in [5, 5.41) is 0. The normalized spacial score (nSPS) is 10.6. The zero-order chi connectivity index (χ0) is 10.9. The number of imidazole rings is 1. The van der Waals surface area contributed by atoms with Crippen molar-refractivity contribution in [2.45, 2.75) is 27.7 Å². The Morgan fingerprint density at radius 1 is 1.00 bits per heavy atom. The minimum atomic E-state index is 1.28. The molecule has 0 radical (unpaired) electrons. The van der Waals surface area contributed by atoms with Crippen LogP contribution in [0.1, 0.15) is 27.7 Å². The number of quaternary nitrogens is 1. The van der Waals surface area contributed by atoms with Gasteiger partial charge in [0.15, 0.2) is 0 Å². The molecule has 14 heavy (non-hydrogen) atoms. The molecule has 0 amide bonds. The van der Waals surface area contributed by atoms with Crippen molar-refractivity contribution in [2.24, 2.45) is 0 Å². The van der Waals surface area contributed by atoms with Crippen molar-refractivity contribution >= 4 is 0 Å². The monoisotopic (exact) mass is 197 g/mol. The Bertz CT molecular complexity index is 156. The van der Waals surface area contributed by atoms with Crippen molar-refractivity contribution in [2.75, 3.05) is 26.2 Å². The molecule has 0 aliphatic heterocycles. The second-order valence-corrected chi connectivity index (χ2v) is 3.32. The molecule has 0 N–H and O–H groups in total. The van der Waals surface area contributed by atoms with Gasteiger partial charge in [-0.2, -0.15) is 0 Å². The van der Waals surface area contributed by atoms with E-state index in [0.29, 0.717) is 0 Å². The third kappa shape index (κ3) is 4.42. The lowest BCUT2D eigenvalue weighted by molar-refractivity contribution is -0.921. The highest BCUT2D eigenvalue weighted by atomic mass is 15.3. The van der Waals surface area contributed by atoms with E-state index in [-0.39, 0.29) is 0 Å². The fraction of sp³-hybridized carbons (Fsp3) is 0.727. The van der Waals surface area contributed by atoms with Crippen LogP contribution in [0.4, 0.5) is 0 Å². The van der Waals surface area contributed by atoms with Gasteiger partial charge in [0.2, 0.25) is 0 Å². The molecular weight excluding hydrogens is 174 g/mol. The molecule has 0 bridgehead atoms. The van der Waals surface area contributed by atoms with Crippen LogP contribution in [0.25, 0.3) is 0 Å². The van der Waals surface area contributed by atoms with Crippen LogP contribution in [0.3, 0.4) is 0 Å². The molecule has 0 spiro atoms. The first-order valence-electron chi connectivity index (χ1n) is 5.46. The Kier molecular flexibility index (Phi) is 7.11. The first kappa shape index (κ1) is 13.2. The summed E-state index contributed by atoms with van der Waals surface area (Å²) in [7, 11) is 0. The molecule has 0 aliphatic rings. The molecule has 82 valence electrons. The molecule has 1 aromatic heterocycles. The predicted octanol–water partition coefficient (Wildman–Crippen LogP) is 1.92. The zero-order valence-electron chi connectivity index (χ0n) is 9.90. The van der Waals surface area contributed by atoms with E-state index < -0.39 is 0 Å². The lowest BCUT2D eigenvalue weighted by Crippen LogP contribution is -2.47. The van der Waals surface area contributed by atoms with E-state index in [9.17, 15) is 0 Å². The van der Waals surface area contributed by atoms with Crippen LogP contribution in [0.2, 0.25) is 0 Å². The van der Waals surface area contributed by atoms with E-state index >= 15 is 0 Å². The largest absolute Gasteiger partial charge is 0.450 e. The van der Waals surface area contributed by atoms with Gasteiger partial charge < -0.3 is 14.5 Å². The Labute approximate surface area is 87.8 Å². The second-order valence-electron chi connectivity index (χ2n) is 3.32. The molecule has 1 aromatic rings. The summed E-state index contributed by atoms with van der Waals surface area (Å²) in [6.45, 7) is 14.2. The minimum Gasteiger partial charge on any atom is -0.450 e. The molecule has 0 fully saturated rings. The fourth-order valence-electron chi connectivity index (χ4n) is 1.53. The molecule has 0 saturated carbocycles. The van der Waals surface area contributed by atoms with Crippen LogP contribution in [0, 0.1) is 0 Å². The van der Waals surface area contributed by atoms with Crippen molar-refractivity contribution in [1.82, 2.24) is 9.97 Å². The lowest BCUT2D eigenvalue weighted by atomic mass is 10.3. The Morgan fingerprint density at radius 3 is 1.57 bits per heavy atom. The first-order valence-corrected chi connectivity index (χ1v) is 5.46. The van der Waals surface area contributed by atoms with E-state index in [1.165, 1.54) is 37.0 Å². The van der Waals surface area contributed by atoms with Crippen molar-refractivity contribution in [1.29, 1.82) is 0 Å². The van der Waals surface area contributed by atoms with Gasteiger partial charge in [0.05, 0.1) is 26.2 Å². The summed E-state index contributed by atoms with van der Waals surface area (Å²) in [5.41, 5.74) is 0. The standard InChI is InChI=1S/C8H20N.C3H3N2/c1-5-9(6-2,7-3)8-4;1-2-5-3-4-1/h5-8H2,1-4H3;1-3H/q+1;-1. The topological polar surface area (TPSA) is 27.0 Å². The van der Waals surface area contributed by atoms with E-state index in [4.69, 9.17) is 0 Å². The number of nitrogens with zero attached hydrogens (tertiary/aromatic N) is 3. The van der Waals surface area contributed by atoms with Gasteiger partial charge in [0, 0.05) is 0 Å². The van der Waals surface area contributed by atoms with E-state index in [1.54, 1.807) is 12.4 Å². The minimum absolute atomic E-state index is 1.28. The molecule has 0 unspecified atom stereocenters. The second kappa shape index (κ2) is 7.56. The molecule has 1 heterocycles. The van der Waals surface area contributed by atoms with Gasteiger partial charge in [-0.3, -0.25) is 0 Å². The Hall–Kier alpha value is -0.830. The third-order valence-corrected chi connectivity index (χ3v) is 3.06. The molecule has 0 aromatic carbocycles. The molecule has 0 atom stereocenters. The average molecular weight is 197 g/mol. The SMILES string of the molecule is CC[N+](CC)(CC)CC.c1c[n-]cn1. The Morgan fingerprint density at radius 2 is 1.50 bits per heavy atom. The summed E-state index contributed by atoms with van der Waals surface area (Å²) in [6, 6.07) is 0. The highest BCUT2D eigenvalue weighted by Gasteiger charge is 2.16. The highest BCUT2D eigenvalue weighted by Crippen LogP contribution is 2.03. The van der Waals surface area contributed by atoms with Gasteiger partial charge in [-0.25, -0.2) is 0 Å². The van der Waals surface area contributed by atoms with Crippen molar-refractivity contribution < 1.29 is 4.48 Å². The molecule has 1 rings (SSSR count). The van der Waals surface area contributed by atoms with Crippen LogP contribution >= 0.6 is 0 Å².